The summed E-state index contributed by atoms with van der Waals surface area (Å²) < 4.78 is 2.13. The van der Waals surface area contributed by atoms with E-state index in [0.717, 1.165) is 53.4 Å². The van der Waals surface area contributed by atoms with Gasteiger partial charge in [0.25, 0.3) is 0 Å². The van der Waals surface area contributed by atoms with E-state index < -0.39 is 0 Å². The van der Waals surface area contributed by atoms with Crippen LogP contribution in [0.4, 0.5) is 0 Å². The zero-order chi connectivity index (χ0) is 23.4. The fraction of sp³-hybridized carbons (Fsp3) is 0.781. The van der Waals surface area contributed by atoms with Crippen molar-refractivity contribution in [3.05, 3.63) is 23.8 Å². The minimum Gasteiger partial charge on any atom is -0.0599 e. The average molecular weight is 617 g/mol. The molecule has 0 N–H and O–H groups in total. The maximum absolute atomic E-state index is 5.56. The predicted molar refractivity (Wildman–Crippen MR) is 140 cm³/mol. The van der Waals surface area contributed by atoms with Crippen molar-refractivity contribution in [2.75, 3.05) is 0 Å². The van der Waals surface area contributed by atoms with Gasteiger partial charge in [-0.05, 0) is 61.7 Å². The van der Waals surface area contributed by atoms with Gasteiger partial charge in [0.15, 0.2) is 0 Å². The summed E-state index contributed by atoms with van der Waals surface area (Å²) in [4.78, 5) is 0. The molecule has 4 fully saturated rings. The van der Waals surface area contributed by atoms with Gasteiger partial charge in [-0.25, -0.2) is 0 Å². The first-order valence-electron chi connectivity index (χ1n) is 14.2. The molecule has 4 saturated carbocycles. The molecule has 7 unspecified atom stereocenters. The third-order valence-electron chi connectivity index (χ3n) is 10.6. The summed E-state index contributed by atoms with van der Waals surface area (Å²) in [7, 11) is 0. The topological polar surface area (TPSA) is 0 Å². The SMILES string of the molecule is C#C/C([CH]=[W])=C/CCCCC(=C)C1CCCC2C1CCC1C3CCC(C)(C)CCC3CCC12. The molecule has 182 valence electrons. The van der Waals surface area contributed by atoms with E-state index in [1.807, 2.05) is 0 Å². The number of rotatable bonds is 7. The van der Waals surface area contributed by atoms with Crippen LogP contribution < -0.4 is 0 Å². The predicted octanol–water partition coefficient (Wildman–Crippen LogP) is 8.70. The second kappa shape index (κ2) is 11.6. The van der Waals surface area contributed by atoms with Crippen LogP contribution in [0.15, 0.2) is 23.8 Å². The van der Waals surface area contributed by atoms with Crippen LogP contribution in [0.5, 0.6) is 0 Å². The van der Waals surface area contributed by atoms with Crippen molar-refractivity contribution in [2.45, 2.75) is 110 Å². The third kappa shape index (κ3) is 6.06. The molecule has 0 aromatic carbocycles. The molecule has 4 aliphatic carbocycles. The first kappa shape index (κ1) is 25.7. The van der Waals surface area contributed by atoms with Crippen molar-refractivity contribution in [3.8, 4) is 12.3 Å². The van der Waals surface area contributed by atoms with Crippen LogP contribution in [0.2, 0.25) is 0 Å². The Kier molecular flexibility index (Phi) is 8.99. The summed E-state index contributed by atoms with van der Waals surface area (Å²) in [6.07, 6.45) is 29.2. The molecule has 0 spiro atoms. The van der Waals surface area contributed by atoms with E-state index in [9.17, 15) is 0 Å². The fourth-order valence-electron chi connectivity index (χ4n) is 8.75. The van der Waals surface area contributed by atoms with Gasteiger partial charge in [-0.3, -0.25) is 0 Å². The van der Waals surface area contributed by atoms with E-state index in [1.165, 1.54) is 96.4 Å². The van der Waals surface area contributed by atoms with Gasteiger partial charge in [0.05, 0.1) is 0 Å². The van der Waals surface area contributed by atoms with Crippen molar-refractivity contribution in [1.82, 2.24) is 0 Å². The molecule has 0 amide bonds. The van der Waals surface area contributed by atoms with Crippen LogP contribution in [0.3, 0.4) is 0 Å². The molecule has 0 saturated heterocycles. The average Bonchev–Trinajstić information content (AvgIpc) is 2.98. The number of hydrogen-bond donors (Lipinski definition) is 0. The molecule has 4 rings (SSSR count). The van der Waals surface area contributed by atoms with E-state index in [1.54, 1.807) is 18.4 Å². The molecule has 0 aromatic heterocycles. The van der Waals surface area contributed by atoms with Crippen molar-refractivity contribution in [2.24, 2.45) is 46.8 Å². The standard InChI is InChI=1S/C32H48.W/c1-6-23(2)11-8-7-9-12-24(3)26-13-10-14-28-29(26)17-18-30-27-20-22-32(4,5)21-19-25(27)15-16-31(28)30;/h1-2,11,25-31H,3,7-10,12-22H2,4-5H3;/b23-11+;. The number of terminal acetylenes is 1. The van der Waals surface area contributed by atoms with E-state index >= 15 is 0 Å². The second-order valence-electron chi connectivity index (χ2n) is 12.8. The minimum atomic E-state index is 0.589. The zero-order valence-corrected chi connectivity index (χ0v) is 24.4. The van der Waals surface area contributed by atoms with Crippen molar-refractivity contribution >= 4 is 4.40 Å². The van der Waals surface area contributed by atoms with Crippen molar-refractivity contribution < 1.29 is 19.4 Å². The Morgan fingerprint density at radius 3 is 2.39 bits per heavy atom. The van der Waals surface area contributed by atoms with Gasteiger partial charge >= 0.3 is 141 Å². The van der Waals surface area contributed by atoms with Crippen LogP contribution >= 0.6 is 0 Å². The monoisotopic (exact) mass is 616 g/mol. The summed E-state index contributed by atoms with van der Waals surface area (Å²) in [6, 6.07) is 0. The molecule has 0 bridgehead atoms. The minimum absolute atomic E-state index is 0.589. The van der Waals surface area contributed by atoms with Crippen LogP contribution in [0.25, 0.3) is 0 Å². The smallest absolute Gasteiger partial charge is 0.0599 e. The maximum atomic E-state index is 5.56. The normalized spacial score (nSPS) is 38.1. The van der Waals surface area contributed by atoms with E-state index in [-0.39, 0.29) is 0 Å². The quantitative estimate of drug-likeness (QED) is 0.153. The van der Waals surface area contributed by atoms with E-state index in [2.05, 4.69) is 36.8 Å². The van der Waals surface area contributed by atoms with Gasteiger partial charge in [0.2, 0.25) is 0 Å². The Balaban J connectivity index is 1.33. The van der Waals surface area contributed by atoms with Gasteiger partial charge in [0, 0.05) is 0 Å². The molecular formula is C32H48W. The van der Waals surface area contributed by atoms with E-state index in [4.69, 9.17) is 6.42 Å². The molecule has 0 aliphatic heterocycles. The molecule has 4 aliphatic rings. The summed E-state index contributed by atoms with van der Waals surface area (Å²) in [5, 5.41) is 0. The molecule has 0 nitrogen and oxygen atoms in total. The summed E-state index contributed by atoms with van der Waals surface area (Å²) >= 11 is 1.44. The van der Waals surface area contributed by atoms with Crippen molar-refractivity contribution in [1.29, 1.82) is 0 Å². The zero-order valence-electron chi connectivity index (χ0n) is 21.5. The Labute approximate surface area is 216 Å². The van der Waals surface area contributed by atoms with E-state index in [0.29, 0.717) is 5.41 Å². The molecule has 33 heavy (non-hydrogen) atoms. The summed E-state index contributed by atoms with van der Waals surface area (Å²) in [5.74, 6) is 9.78. The van der Waals surface area contributed by atoms with Crippen LogP contribution in [-0.4, -0.2) is 4.40 Å². The Hall–Kier alpha value is -0.402. The molecule has 0 radical (unpaired) electrons. The van der Waals surface area contributed by atoms with Crippen molar-refractivity contribution in [3.63, 3.8) is 0 Å². The number of allylic oxidation sites excluding steroid dienone is 3. The molecule has 0 heterocycles. The van der Waals surface area contributed by atoms with Gasteiger partial charge in [-0.15, -0.1) is 0 Å². The van der Waals surface area contributed by atoms with Gasteiger partial charge < -0.3 is 0 Å². The first-order valence-corrected chi connectivity index (χ1v) is 15.9. The Morgan fingerprint density at radius 2 is 1.61 bits per heavy atom. The molecule has 0 aromatic rings. The third-order valence-corrected chi connectivity index (χ3v) is 11.5. The molecule has 7 atom stereocenters. The Morgan fingerprint density at radius 1 is 0.909 bits per heavy atom. The van der Waals surface area contributed by atoms with Gasteiger partial charge in [0.1, 0.15) is 0 Å². The van der Waals surface area contributed by atoms with Gasteiger partial charge in [-0.2, -0.15) is 0 Å². The number of fused-ring (bicyclic) bond motifs is 5. The fourth-order valence-corrected chi connectivity index (χ4v) is 9.34. The van der Waals surface area contributed by atoms with Crippen LogP contribution in [-0.2, 0) is 19.4 Å². The van der Waals surface area contributed by atoms with Crippen LogP contribution in [0, 0.1) is 59.2 Å². The summed E-state index contributed by atoms with van der Waals surface area (Å²) in [6.45, 7) is 9.74. The number of hydrogen-bond acceptors (Lipinski definition) is 0. The summed E-state index contributed by atoms with van der Waals surface area (Å²) in [5.41, 5.74) is 3.27. The molecule has 1 heteroatoms. The van der Waals surface area contributed by atoms with Crippen LogP contribution in [0.1, 0.15) is 110 Å². The second-order valence-corrected chi connectivity index (χ2v) is 13.7. The van der Waals surface area contributed by atoms with Gasteiger partial charge in [-0.1, -0.05) is 13.8 Å². The first-order chi connectivity index (χ1) is 15.9. The molecular weight excluding hydrogens is 568 g/mol. The Bertz CT molecular complexity index is 764. The number of unbranched alkanes of at least 4 members (excludes halogenated alkanes) is 2.